The number of benzene rings is 1. The molecule has 1 saturated heterocycles. The number of sulfonamides is 1. The number of hydrogen-bond donors (Lipinski definition) is 2. The average molecular weight is 402 g/mol. The molecule has 1 aliphatic heterocycles. The van der Waals surface area contributed by atoms with Gasteiger partial charge in [-0.1, -0.05) is 6.08 Å². The van der Waals surface area contributed by atoms with Gasteiger partial charge in [0.2, 0.25) is 10.0 Å². The first kappa shape index (κ1) is 22.6. The van der Waals surface area contributed by atoms with Crippen molar-refractivity contribution < 1.29 is 13.2 Å². The van der Waals surface area contributed by atoms with Gasteiger partial charge < -0.3 is 10.2 Å². The van der Waals surface area contributed by atoms with Crippen LogP contribution >= 0.6 is 12.4 Å². The lowest BCUT2D eigenvalue weighted by molar-refractivity contribution is 0.0687. The molecule has 6 nitrogen and oxygen atoms in total. The van der Waals surface area contributed by atoms with Gasteiger partial charge in [0, 0.05) is 25.2 Å². The van der Waals surface area contributed by atoms with Crippen LogP contribution in [0.4, 0.5) is 0 Å². The Hall–Kier alpha value is -1.41. The summed E-state index contributed by atoms with van der Waals surface area (Å²) in [7, 11) is -1.60. The standard InChI is InChI=1S/C18H27N3O3S.ClH/c1-3-11-20-25(23,24)17-6-4-16(5-7-17)18(22)21-13-9-15(10-14-21)8-12-19-2;/h3-7,15,19-20H,1,8-14H2,2H3;1H. The summed E-state index contributed by atoms with van der Waals surface area (Å²) in [5.41, 5.74) is 0.524. The maximum absolute atomic E-state index is 12.6. The van der Waals surface area contributed by atoms with Crippen molar-refractivity contribution in [1.29, 1.82) is 0 Å². The lowest BCUT2D eigenvalue weighted by Crippen LogP contribution is -2.39. The number of likely N-dealkylation sites (tertiary alicyclic amines) is 1. The van der Waals surface area contributed by atoms with Crippen LogP contribution in [0.15, 0.2) is 41.8 Å². The highest BCUT2D eigenvalue weighted by Crippen LogP contribution is 2.22. The van der Waals surface area contributed by atoms with Crippen LogP contribution in [0.3, 0.4) is 0 Å². The van der Waals surface area contributed by atoms with E-state index in [0.29, 0.717) is 11.5 Å². The van der Waals surface area contributed by atoms with Crippen LogP contribution in [-0.2, 0) is 10.0 Å². The van der Waals surface area contributed by atoms with Gasteiger partial charge in [0.25, 0.3) is 5.91 Å². The fourth-order valence-electron chi connectivity index (χ4n) is 2.98. The smallest absolute Gasteiger partial charge is 0.253 e. The van der Waals surface area contributed by atoms with E-state index in [9.17, 15) is 13.2 Å². The predicted molar refractivity (Wildman–Crippen MR) is 106 cm³/mol. The molecule has 2 N–H and O–H groups in total. The summed E-state index contributed by atoms with van der Waals surface area (Å²) in [5, 5.41) is 3.16. The van der Waals surface area contributed by atoms with Crippen LogP contribution in [0.5, 0.6) is 0 Å². The highest BCUT2D eigenvalue weighted by atomic mass is 35.5. The number of nitrogens with one attached hydrogen (secondary N) is 2. The highest BCUT2D eigenvalue weighted by Gasteiger charge is 2.23. The molecular weight excluding hydrogens is 374 g/mol. The lowest BCUT2D eigenvalue weighted by atomic mass is 9.93. The summed E-state index contributed by atoms with van der Waals surface area (Å²) < 4.78 is 26.5. The number of rotatable bonds is 8. The molecule has 0 spiro atoms. The molecule has 1 aliphatic rings. The number of halogens is 1. The number of carbonyl (C=O) groups excluding carboxylic acids is 1. The minimum absolute atomic E-state index is 0. The SMILES string of the molecule is C=CCNS(=O)(=O)c1ccc(C(=O)N2CCC(CCNC)CC2)cc1.Cl. The number of carbonyl (C=O) groups is 1. The maximum atomic E-state index is 12.6. The van der Waals surface area contributed by atoms with E-state index in [1.54, 1.807) is 12.1 Å². The van der Waals surface area contributed by atoms with Crippen molar-refractivity contribution in [2.24, 2.45) is 5.92 Å². The zero-order valence-electron chi connectivity index (χ0n) is 15.1. The lowest BCUT2D eigenvalue weighted by Gasteiger charge is -2.32. The van der Waals surface area contributed by atoms with E-state index in [0.717, 1.165) is 38.9 Å². The van der Waals surface area contributed by atoms with Crippen molar-refractivity contribution in [3.05, 3.63) is 42.5 Å². The monoisotopic (exact) mass is 401 g/mol. The second kappa shape index (κ2) is 10.7. The van der Waals surface area contributed by atoms with Crippen molar-refractivity contribution in [3.63, 3.8) is 0 Å². The van der Waals surface area contributed by atoms with Gasteiger partial charge >= 0.3 is 0 Å². The Balaban J connectivity index is 0.00000338. The third-order valence-electron chi connectivity index (χ3n) is 4.53. The van der Waals surface area contributed by atoms with E-state index in [4.69, 9.17) is 0 Å². The van der Waals surface area contributed by atoms with Crippen molar-refractivity contribution in [2.75, 3.05) is 33.2 Å². The molecule has 0 saturated carbocycles. The molecule has 1 aromatic rings. The number of amides is 1. The predicted octanol–water partition coefficient (Wildman–Crippen LogP) is 2.03. The normalized spacial score (nSPS) is 15.3. The minimum atomic E-state index is -3.56. The highest BCUT2D eigenvalue weighted by molar-refractivity contribution is 7.89. The number of piperidine rings is 1. The van der Waals surface area contributed by atoms with Crippen LogP contribution in [0, 0.1) is 5.92 Å². The Kier molecular flexibility index (Phi) is 9.29. The van der Waals surface area contributed by atoms with E-state index in [1.807, 2.05) is 11.9 Å². The van der Waals surface area contributed by atoms with E-state index in [2.05, 4.69) is 16.6 Å². The van der Waals surface area contributed by atoms with Crippen LogP contribution in [-0.4, -0.2) is 52.5 Å². The maximum Gasteiger partial charge on any atom is 0.253 e. The van der Waals surface area contributed by atoms with Gasteiger partial charge in [0.05, 0.1) is 4.90 Å². The van der Waals surface area contributed by atoms with Gasteiger partial charge in [-0.2, -0.15) is 0 Å². The Bertz CT molecular complexity index is 684. The minimum Gasteiger partial charge on any atom is -0.339 e. The van der Waals surface area contributed by atoms with Crippen molar-refractivity contribution in [3.8, 4) is 0 Å². The molecule has 8 heteroatoms. The van der Waals surface area contributed by atoms with E-state index in [-0.39, 0.29) is 29.8 Å². The van der Waals surface area contributed by atoms with Crippen LogP contribution in [0.25, 0.3) is 0 Å². The molecule has 2 rings (SSSR count). The number of hydrogen-bond acceptors (Lipinski definition) is 4. The first-order chi connectivity index (χ1) is 12.0. The summed E-state index contributed by atoms with van der Waals surface area (Å²) in [5.74, 6) is 0.634. The fraction of sp³-hybridized carbons (Fsp3) is 0.500. The van der Waals surface area contributed by atoms with E-state index in [1.165, 1.54) is 18.2 Å². The second-order valence-electron chi connectivity index (χ2n) is 6.29. The summed E-state index contributed by atoms with van der Waals surface area (Å²) in [6.07, 6.45) is 4.66. The first-order valence-electron chi connectivity index (χ1n) is 8.62. The zero-order chi connectivity index (χ0) is 18.3. The molecule has 0 aliphatic carbocycles. The molecule has 0 radical (unpaired) electrons. The van der Waals surface area contributed by atoms with Crippen LogP contribution in [0.2, 0.25) is 0 Å². The zero-order valence-corrected chi connectivity index (χ0v) is 16.7. The summed E-state index contributed by atoms with van der Waals surface area (Å²) in [4.78, 5) is 14.6. The fourth-order valence-corrected chi connectivity index (χ4v) is 3.98. The van der Waals surface area contributed by atoms with Gasteiger partial charge in [0.15, 0.2) is 0 Å². The van der Waals surface area contributed by atoms with Gasteiger partial charge in [-0.15, -0.1) is 19.0 Å². The van der Waals surface area contributed by atoms with Crippen LogP contribution < -0.4 is 10.0 Å². The quantitative estimate of drug-likeness (QED) is 0.653. The summed E-state index contributed by atoms with van der Waals surface area (Å²) in [6.45, 7) is 6.18. The Labute approximate surface area is 162 Å². The molecule has 1 amide bonds. The van der Waals surface area contributed by atoms with E-state index >= 15 is 0 Å². The third kappa shape index (κ3) is 6.09. The van der Waals surface area contributed by atoms with Gasteiger partial charge in [-0.25, -0.2) is 13.1 Å². The molecular formula is C18H28ClN3O3S. The molecule has 1 fully saturated rings. The second-order valence-corrected chi connectivity index (χ2v) is 8.06. The first-order valence-corrected chi connectivity index (χ1v) is 10.1. The molecule has 1 heterocycles. The Morgan fingerprint density at radius 3 is 2.42 bits per heavy atom. The Morgan fingerprint density at radius 1 is 1.27 bits per heavy atom. The van der Waals surface area contributed by atoms with Gasteiger partial charge in [0.1, 0.15) is 0 Å². The molecule has 26 heavy (non-hydrogen) atoms. The van der Waals surface area contributed by atoms with Gasteiger partial charge in [-0.3, -0.25) is 4.79 Å². The van der Waals surface area contributed by atoms with Crippen molar-refractivity contribution in [2.45, 2.75) is 24.2 Å². The molecule has 0 aromatic heterocycles. The Morgan fingerprint density at radius 2 is 1.88 bits per heavy atom. The third-order valence-corrected chi connectivity index (χ3v) is 5.97. The van der Waals surface area contributed by atoms with E-state index < -0.39 is 10.0 Å². The topological polar surface area (TPSA) is 78.5 Å². The largest absolute Gasteiger partial charge is 0.339 e. The molecule has 1 aromatic carbocycles. The van der Waals surface area contributed by atoms with Crippen molar-refractivity contribution >= 4 is 28.3 Å². The molecule has 146 valence electrons. The molecule has 0 atom stereocenters. The van der Waals surface area contributed by atoms with Crippen LogP contribution in [0.1, 0.15) is 29.6 Å². The van der Waals surface area contributed by atoms with Gasteiger partial charge in [-0.05, 0) is 63.0 Å². The summed E-state index contributed by atoms with van der Waals surface area (Å²) in [6, 6.07) is 6.10. The summed E-state index contributed by atoms with van der Waals surface area (Å²) >= 11 is 0. The molecule has 0 unspecified atom stereocenters. The molecule has 0 bridgehead atoms. The number of nitrogens with zero attached hydrogens (tertiary/aromatic N) is 1. The van der Waals surface area contributed by atoms with Crippen molar-refractivity contribution in [1.82, 2.24) is 14.9 Å². The average Bonchev–Trinajstić information content (AvgIpc) is 2.64.